The number of ketones is 1. The number of aliphatic hydroxyl groups is 1. The molecule has 2 aliphatic carbocycles. The van der Waals surface area contributed by atoms with Gasteiger partial charge in [-0.05, 0) is 46.1 Å². The van der Waals surface area contributed by atoms with Gasteiger partial charge in [-0.25, -0.2) is 0 Å². The highest BCUT2D eigenvalue weighted by molar-refractivity contribution is 6.09. The van der Waals surface area contributed by atoms with Gasteiger partial charge in [0.15, 0.2) is 5.78 Å². The third-order valence-corrected chi connectivity index (χ3v) is 7.45. The van der Waals surface area contributed by atoms with Gasteiger partial charge in [0.05, 0.1) is 0 Å². The second-order valence-electron chi connectivity index (χ2n) is 11.5. The summed E-state index contributed by atoms with van der Waals surface area (Å²) in [7, 11) is 0. The number of Topliss-reactive ketones (excluding diaryl/α,β-unsaturated/α-hetero) is 1. The molecule has 2 atom stereocenters. The molecule has 0 heterocycles. The second-order valence-corrected chi connectivity index (χ2v) is 11.5. The van der Waals surface area contributed by atoms with Gasteiger partial charge in [0.2, 0.25) is 0 Å². The first-order chi connectivity index (χ1) is 12.1. The molecule has 1 N–H and O–H groups in total. The first-order valence-electron chi connectivity index (χ1n) is 10.3. The van der Waals surface area contributed by atoms with Crippen LogP contribution in [0.25, 0.3) is 5.76 Å². The SMILES string of the molecule is CC(C)(C)c1cccc(C(O)=C2C(=O)C3(C)CCC2C3(C)C)c1C(C)(C)C. The zero-order chi connectivity index (χ0) is 20.6. The molecule has 2 heteroatoms. The highest BCUT2D eigenvalue weighted by Crippen LogP contribution is 2.66. The van der Waals surface area contributed by atoms with Crippen molar-refractivity contribution in [2.75, 3.05) is 0 Å². The maximum Gasteiger partial charge on any atom is 0.169 e. The van der Waals surface area contributed by atoms with Gasteiger partial charge in [-0.3, -0.25) is 4.79 Å². The zero-order valence-corrected chi connectivity index (χ0v) is 18.6. The van der Waals surface area contributed by atoms with E-state index in [1.165, 1.54) is 5.56 Å². The molecule has 27 heavy (non-hydrogen) atoms. The fourth-order valence-corrected chi connectivity index (χ4v) is 5.47. The highest BCUT2D eigenvalue weighted by Gasteiger charge is 2.65. The van der Waals surface area contributed by atoms with Crippen molar-refractivity contribution in [1.82, 2.24) is 0 Å². The number of hydrogen-bond donors (Lipinski definition) is 1. The van der Waals surface area contributed by atoms with Crippen LogP contribution in [-0.4, -0.2) is 10.9 Å². The number of hydrogen-bond acceptors (Lipinski definition) is 2. The largest absolute Gasteiger partial charge is 0.507 e. The fraction of sp³-hybridized carbons (Fsp3) is 0.640. The Kier molecular flexibility index (Phi) is 4.27. The molecule has 0 aliphatic heterocycles. The summed E-state index contributed by atoms with van der Waals surface area (Å²) >= 11 is 0. The molecule has 2 bridgehead atoms. The van der Waals surface area contributed by atoms with E-state index in [1.54, 1.807) is 0 Å². The van der Waals surface area contributed by atoms with Crippen molar-refractivity contribution in [2.45, 2.75) is 86.0 Å². The van der Waals surface area contributed by atoms with E-state index < -0.39 is 0 Å². The minimum Gasteiger partial charge on any atom is -0.507 e. The molecule has 3 rings (SSSR count). The summed E-state index contributed by atoms with van der Waals surface area (Å²) in [6.07, 6.45) is 1.91. The van der Waals surface area contributed by atoms with E-state index in [2.05, 4.69) is 68.4 Å². The summed E-state index contributed by atoms with van der Waals surface area (Å²) in [5.74, 6) is 0.515. The standard InChI is InChI=1S/C25H36O2/c1-22(2,3)17-12-10-11-15(19(17)23(4,5)6)20(26)18-16-13-14-25(9,21(18)27)24(16,7)8/h10-12,16,26H,13-14H2,1-9H3. The van der Waals surface area contributed by atoms with E-state index in [0.29, 0.717) is 5.57 Å². The van der Waals surface area contributed by atoms with E-state index in [4.69, 9.17) is 0 Å². The molecule has 0 saturated heterocycles. The Balaban J connectivity index is 2.30. The van der Waals surface area contributed by atoms with Crippen LogP contribution < -0.4 is 0 Å². The molecule has 2 nitrogen and oxygen atoms in total. The molecule has 1 aromatic rings. The van der Waals surface area contributed by atoms with Crippen LogP contribution in [0, 0.1) is 16.7 Å². The molecule has 0 amide bonds. The molecule has 0 aromatic heterocycles. The smallest absolute Gasteiger partial charge is 0.169 e. The number of rotatable bonds is 1. The molecule has 0 radical (unpaired) electrons. The number of carbonyl (C=O) groups excluding carboxylic acids is 1. The van der Waals surface area contributed by atoms with Crippen molar-refractivity contribution < 1.29 is 9.90 Å². The van der Waals surface area contributed by atoms with Gasteiger partial charge in [0, 0.05) is 16.6 Å². The Morgan fingerprint density at radius 3 is 2.07 bits per heavy atom. The maximum atomic E-state index is 13.3. The van der Waals surface area contributed by atoms with E-state index in [0.717, 1.165) is 24.0 Å². The van der Waals surface area contributed by atoms with Gasteiger partial charge in [0.1, 0.15) is 5.76 Å². The quantitative estimate of drug-likeness (QED) is 0.449. The average molecular weight is 369 g/mol. The van der Waals surface area contributed by atoms with Crippen LogP contribution in [0.3, 0.4) is 0 Å². The van der Waals surface area contributed by atoms with Crippen molar-refractivity contribution in [3.63, 3.8) is 0 Å². The summed E-state index contributed by atoms with van der Waals surface area (Å²) in [5, 5.41) is 11.5. The number of fused-ring (bicyclic) bond motifs is 2. The third-order valence-electron chi connectivity index (χ3n) is 7.45. The Labute approximate surface area is 165 Å². The predicted molar refractivity (Wildman–Crippen MR) is 113 cm³/mol. The lowest BCUT2D eigenvalue weighted by atomic mass is 9.70. The Morgan fingerprint density at radius 2 is 1.63 bits per heavy atom. The van der Waals surface area contributed by atoms with Gasteiger partial charge in [-0.1, -0.05) is 80.5 Å². The van der Waals surface area contributed by atoms with Gasteiger partial charge in [-0.2, -0.15) is 0 Å². The molecule has 2 saturated carbocycles. The van der Waals surface area contributed by atoms with Crippen LogP contribution in [0.5, 0.6) is 0 Å². The first-order valence-corrected chi connectivity index (χ1v) is 10.3. The number of allylic oxidation sites excluding steroid dienone is 1. The zero-order valence-electron chi connectivity index (χ0n) is 18.6. The highest BCUT2D eigenvalue weighted by atomic mass is 16.3. The van der Waals surface area contributed by atoms with Crippen molar-refractivity contribution in [3.8, 4) is 0 Å². The number of carbonyl (C=O) groups is 1. The van der Waals surface area contributed by atoms with Crippen molar-refractivity contribution >= 4 is 11.5 Å². The lowest BCUT2D eigenvalue weighted by Gasteiger charge is -2.32. The topological polar surface area (TPSA) is 37.3 Å². The Morgan fingerprint density at radius 1 is 1.04 bits per heavy atom. The Bertz CT molecular complexity index is 827. The maximum absolute atomic E-state index is 13.3. The molecule has 148 valence electrons. The lowest BCUT2D eigenvalue weighted by Crippen LogP contribution is -2.32. The molecule has 2 fully saturated rings. The van der Waals surface area contributed by atoms with Crippen molar-refractivity contribution in [1.29, 1.82) is 0 Å². The minimum absolute atomic E-state index is 0.0342. The number of aliphatic hydroxyl groups excluding tert-OH is 1. The molecule has 1 aromatic carbocycles. The van der Waals surface area contributed by atoms with Crippen LogP contribution in [0.1, 0.15) is 91.8 Å². The number of benzene rings is 1. The van der Waals surface area contributed by atoms with Gasteiger partial charge in [0.25, 0.3) is 0 Å². The first kappa shape index (κ1) is 20.2. The summed E-state index contributed by atoms with van der Waals surface area (Å²) in [6, 6.07) is 6.18. The second kappa shape index (κ2) is 5.72. The van der Waals surface area contributed by atoms with Gasteiger partial charge in [-0.15, -0.1) is 0 Å². The molecule has 2 unspecified atom stereocenters. The van der Waals surface area contributed by atoms with Crippen molar-refractivity contribution in [3.05, 3.63) is 40.5 Å². The van der Waals surface area contributed by atoms with Crippen molar-refractivity contribution in [2.24, 2.45) is 16.7 Å². The van der Waals surface area contributed by atoms with Gasteiger partial charge >= 0.3 is 0 Å². The minimum atomic E-state index is -0.357. The fourth-order valence-electron chi connectivity index (χ4n) is 5.47. The molecular weight excluding hydrogens is 332 g/mol. The normalized spacial score (nSPS) is 29.4. The molecule has 0 spiro atoms. The molecule has 2 aliphatic rings. The van der Waals surface area contributed by atoms with Crippen LogP contribution in [0.2, 0.25) is 0 Å². The van der Waals surface area contributed by atoms with E-state index in [-0.39, 0.29) is 39.1 Å². The monoisotopic (exact) mass is 368 g/mol. The van der Waals surface area contributed by atoms with Crippen LogP contribution in [-0.2, 0) is 15.6 Å². The van der Waals surface area contributed by atoms with E-state index in [1.807, 2.05) is 12.1 Å². The van der Waals surface area contributed by atoms with Crippen LogP contribution in [0.4, 0.5) is 0 Å². The van der Waals surface area contributed by atoms with Crippen LogP contribution >= 0.6 is 0 Å². The summed E-state index contributed by atoms with van der Waals surface area (Å²) < 4.78 is 0. The predicted octanol–water partition coefficient (Wildman–Crippen LogP) is 6.58. The van der Waals surface area contributed by atoms with E-state index >= 15 is 0 Å². The average Bonchev–Trinajstić information content (AvgIpc) is 2.84. The summed E-state index contributed by atoms with van der Waals surface area (Å²) in [4.78, 5) is 13.3. The summed E-state index contributed by atoms with van der Waals surface area (Å²) in [5.41, 5.74) is 3.28. The van der Waals surface area contributed by atoms with Crippen LogP contribution in [0.15, 0.2) is 23.8 Å². The lowest BCUT2D eigenvalue weighted by molar-refractivity contribution is -0.125. The van der Waals surface area contributed by atoms with Gasteiger partial charge < -0.3 is 5.11 Å². The third kappa shape index (κ3) is 2.70. The van der Waals surface area contributed by atoms with E-state index in [9.17, 15) is 9.90 Å². The summed E-state index contributed by atoms with van der Waals surface area (Å²) in [6.45, 7) is 19.7. The Hall–Kier alpha value is -1.57. The molecular formula is C25H36O2.